The first-order valence-corrected chi connectivity index (χ1v) is 7.16. The number of hydrogen-bond donors (Lipinski definition) is 1. The van der Waals surface area contributed by atoms with Gasteiger partial charge in [0.05, 0.1) is 8.81 Å². The van der Waals surface area contributed by atoms with E-state index in [1.54, 1.807) is 18.2 Å². The van der Waals surface area contributed by atoms with E-state index in [0.717, 1.165) is 4.88 Å². The van der Waals surface area contributed by atoms with Crippen LogP contribution in [0.3, 0.4) is 0 Å². The first-order valence-electron chi connectivity index (χ1n) is 5.17. The lowest BCUT2D eigenvalue weighted by Crippen LogP contribution is -2.17. The average molecular weight is 351 g/mol. The lowest BCUT2D eigenvalue weighted by Gasteiger charge is -2.16. The molecule has 0 saturated carbocycles. The van der Waals surface area contributed by atoms with Crippen molar-refractivity contribution in [1.29, 1.82) is 0 Å². The third kappa shape index (κ3) is 3.23. The van der Waals surface area contributed by atoms with E-state index in [2.05, 4.69) is 15.9 Å². The van der Waals surface area contributed by atoms with Gasteiger partial charge in [0, 0.05) is 17.5 Å². The molecule has 0 amide bonds. The summed E-state index contributed by atoms with van der Waals surface area (Å²) in [7, 11) is 0. The van der Waals surface area contributed by atoms with Crippen molar-refractivity contribution < 1.29 is 9.13 Å². The molecule has 0 aliphatic rings. The monoisotopic (exact) mass is 349 g/mol. The van der Waals surface area contributed by atoms with Crippen LogP contribution in [-0.2, 0) is 0 Å². The van der Waals surface area contributed by atoms with E-state index in [1.807, 2.05) is 6.07 Å². The van der Waals surface area contributed by atoms with Crippen molar-refractivity contribution in [2.45, 2.75) is 6.10 Å². The molecule has 1 atom stereocenters. The standard InChI is InChI=1S/C12H10BrClFNOS/c13-8-2-1-7(5-9(8)15)17-10(6-16)11-3-4-12(14)18-11/h1-5,10H,6,16H2. The van der Waals surface area contributed by atoms with Crippen LogP contribution in [-0.4, -0.2) is 6.54 Å². The summed E-state index contributed by atoms with van der Waals surface area (Å²) in [6, 6.07) is 8.25. The molecule has 1 heterocycles. The molecule has 2 aromatic rings. The fourth-order valence-corrected chi connectivity index (χ4v) is 2.79. The molecule has 1 unspecified atom stereocenters. The van der Waals surface area contributed by atoms with Crippen molar-refractivity contribution in [3.8, 4) is 5.75 Å². The lowest BCUT2D eigenvalue weighted by atomic mass is 10.3. The number of thiophene rings is 1. The molecule has 6 heteroatoms. The molecule has 2 nitrogen and oxygen atoms in total. The molecule has 0 spiro atoms. The number of nitrogens with two attached hydrogens (primary N) is 1. The molecule has 0 aliphatic heterocycles. The van der Waals surface area contributed by atoms with Gasteiger partial charge in [-0.2, -0.15) is 0 Å². The van der Waals surface area contributed by atoms with E-state index < -0.39 is 0 Å². The van der Waals surface area contributed by atoms with Crippen molar-refractivity contribution in [2.24, 2.45) is 5.73 Å². The predicted molar refractivity (Wildman–Crippen MR) is 75.9 cm³/mol. The van der Waals surface area contributed by atoms with Gasteiger partial charge >= 0.3 is 0 Å². The second kappa shape index (κ2) is 6.02. The quantitative estimate of drug-likeness (QED) is 0.888. The normalized spacial score (nSPS) is 12.4. The molecule has 1 aromatic carbocycles. The van der Waals surface area contributed by atoms with Crippen molar-refractivity contribution >= 4 is 38.9 Å². The SMILES string of the molecule is NCC(Oc1ccc(Br)c(F)c1)c1ccc(Cl)s1. The highest BCUT2D eigenvalue weighted by molar-refractivity contribution is 9.10. The molecular weight excluding hydrogens is 341 g/mol. The van der Waals surface area contributed by atoms with Crippen molar-refractivity contribution in [3.05, 3.63) is 49.8 Å². The molecule has 0 bridgehead atoms. The summed E-state index contributed by atoms with van der Waals surface area (Å²) >= 11 is 10.4. The number of rotatable bonds is 4. The maximum atomic E-state index is 13.4. The van der Waals surface area contributed by atoms with Crippen LogP contribution in [0.1, 0.15) is 11.0 Å². The van der Waals surface area contributed by atoms with Crippen LogP contribution >= 0.6 is 38.9 Å². The number of halogens is 3. The summed E-state index contributed by atoms with van der Waals surface area (Å²) in [5.41, 5.74) is 5.67. The molecule has 0 fully saturated rings. The maximum Gasteiger partial charge on any atom is 0.145 e. The van der Waals surface area contributed by atoms with Crippen LogP contribution in [0.5, 0.6) is 5.75 Å². The van der Waals surface area contributed by atoms with Gasteiger partial charge in [-0.3, -0.25) is 0 Å². The highest BCUT2D eigenvalue weighted by Gasteiger charge is 2.14. The van der Waals surface area contributed by atoms with Gasteiger partial charge < -0.3 is 10.5 Å². The Kier molecular flexibility index (Phi) is 4.61. The zero-order chi connectivity index (χ0) is 13.1. The molecule has 0 radical (unpaired) electrons. The van der Waals surface area contributed by atoms with Crippen LogP contribution in [0.25, 0.3) is 0 Å². The summed E-state index contributed by atoms with van der Waals surface area (Å²) in [5, 5.41) is 0. The largest absolute Gasteiger partial charge is 0.483 e. The van der Waals surface area contributed by atoms with E-state index in [-0.39, 0.29) is 11.9 Å². The van der Waals surface area contributed by atoms with Gasteiger partial charge in [0.25, 0.3) is 0 Å². The Morgan fingerprint density at radius 3 is 2.72 bits per heavy atom. The van der Waals surface area contributed by atoms with E-state index in [1.165, 1.54) is 17.4 Å². The Morgan fingerprint density at radius 2 is 2.17 bits per heavy atom. The third-order valence-electron chi connectivity index (χ3n) is 2.29. The Morgan fingerprint density at radius 1 is 1.39 bits per heavy atom. The molecule has 96 valence electrons. The number of hydrogen-bond acceptors (Lipinski definition) is 3. The lowest BCUT2D eigenvalue weighted by molar-refractivity contribution is 0.217. The van der Waals surface area contributed by atoms with E-state index in [4.69, 9.17) is 22.1 Å². The van der Waals surface area contributed by atoms with Gasteiger partial charge in [0.15, 0.2) is 0 Å². The zero-order valence-corrected chi connectivity index (χ0v) is 12.4. The van der Waals surface area contributed by atoms with Gasteiger partial charge in [0.2, 0.25) is 0 Å². The van der Waals surface area contributed by atoms with Gasteiger partial charge in [-0.15, -0.1) is 11.3 Å². The summed E-state index contributed by atoms with van der Waals surface area (Å²) in [5.74, 6) is 0.0724. The van der Waals surface area contributed by atoms with Gasteiger partial charge in [-0.1, -0.05) is 11.6 Å². The van der Waals surface area contributed by atoms with Gasteiger partial charge in [-0.05, 0) is 40.2 Å². The first-order chi connectivity index (χ1) is 8.60. The van der Waals surface area contributed by atoms with Gasteiger partial charge in [0.1, 0.15) is 17.7 Å². The molecular formula is C12H10BrClFNOS. The highest BCUT2D eigenvalue weighted by Crippen LogP contribution is 2.30. The van der Waals surface area contributed by atoms with Crippen molar-refractivity contribution in [2.75, 3.05) is 6.54 Å². The number of ether oxygens (including phenoxy) is 1. The van der Waals surface area contributed by atoms with E-state index >= 15 is 0 Å². The van der Waals surface area contributed by atoms with Gasteiger partial charge in [-0.25, -0.2) is 4.39 Å². The maximum absolute atomic E-state index is 13.4. The van der Waals surface area contributed by atoms with E-state index in [9.17, 15) is 4.39 Å². The summed E-state index contributed by atoms with van der Waals surface area (Å²) in [4.78, 5) is 0.922. The fraction of sp³-hybridized carbons (Fsp3) is 0.167. The van der Waals surface area contributed by atoms with Crippen LogP contribution in [0.15, 0.2) is 34.8 Å². The molecule has 2 N–H and O–H groups in total. The Balaban J connectivity index is 2.17. The fourth-order valence-electron chi connectivity index (χ4n) is 1.44. The molecule has 0 aliphatic carbocycles. The van der Waals surface area contributed by atoms with Crippen molar-refractivity contribution in [1.82, 2.24) is 0 Å². The third-order valence-corrected chi connectivity index (χ3v) is 4.26. The smallest absolute Gasteiger partial charge is 0.145 e. The van der Waals surface area contributed by atoms with E-state index in [0.29, 0.717) is 21.1 Å². The minimum absolute atomic E-state index is 0.300. The minimum Gasteiger partial charge on any atom is -0.483 e. The summed E-state index contributed by atoms with van der Waals surface area (Å²) < 4.78 is 20.1. The Bertz CT molecular complexity index is 549. The number of benzene rings is 1. The molecule has 1 aromatic heterocycles. The van der Waals surface area contributed by atoms with Crippen molar-refractivity contribution in [3.63, 3.8) is 0 Å². The summed E-state index contributed by atoms with van der Waals surface area (Å²) in [6.07, 6.45) is -0.317. The Hall–Kier alpha value is -0.620. The minimum atomic E-state index is -0.368. The molecule has 2 rings (SSSR count). The topological polar surface area (TPSA) is 35.2 Å². The molecule has 18 heavy (non-hydrogen) atoms. The zero-order valence-electron chi connectivity index (χ0n) is 9.20. The second-order valence-electron chi connectivity index (χ2n) is 3.56. The average Bonchev–Trinajstić information content (AvgIpc) is 2.77. The predicted octanol–water partition coefficient (Wildman–Crippen LogP) is 4.38. The van der Waals surface area contributed by atoms with Crippen LogP contribution in [0.4, 0.5) is 4.39 Å². The first kappa shape index (κ1) is 13.8. The van der Waals surface area contributed by atoms with Crippen LogP contribution in [0, 0.1) is 5.82 Å². The Labute approximate surface area is 122 Å². The summed E-state index contributed by atoms with van der Waals surface area (Å²) in [6.45, 7) is 0.300. The second-order valence-corrected chi connectivity index (χ2v) is 6.16. The van der Waals surface area contributed by atoms with Crippen LogP contribution in [0.2, 0.25) is 4.34 Å². The highest BCUT2D eigenvalue weighted by atomic mass is 79.9. The van der Waals surface area contributed by atoms with Crippen LogP contribution < -0.4 is 10.5 Å². The molecule has 0 saturated heterocycles.